The molecule has 0 unspecified atom stereocenters. The van der Waals surface area contributed by atoms with Gasteiger partial charge in [0.05, 0.1) is 0 Å². The van der Waals surface area contributed by atoms with Gasteiger partial charge in [0.1, 0.15) is 0 Å². The van der Waals surface area contributed by atoms with Gasteiger partial charge in [0.25, 0.3) is 0 Å². The molecule has 1 heteroatoms. The highest BCUT2D eigenvalue weighted by atomic mass is 15.0. The molecule has 1 aromatic heterocycles. The SMILES string of the molecule is CCCn1cc(C)c(C)c1C. The minimum absolute atomic E-state index is 1.15. The lowest BCUT2D eigenvalue weighted by molar-refractivity contribution is 0.663. The molecular formula is C10H17N. The summed E-state index contributed by atoms with van der Waals surface area (Å²) in [4.78, 5) is 0. The molecule has 0 fully saturated rings. The first-order chi connectivity index (χ1) is 5.16. The van der Waals surface area contributed by atoms with Gasteiger partial charge in [0, 0.05) is 18.4 Å². The molecule has 0 amide bonds. The van der Waals surface area contributed by atoms with Crippen LogP contribution in [0, 0.1) is 20.8 Å². The van der Waals surface area contributed by atoms with Crippen LogP contribution < -0.4 is 0 Å². The van der Waals surface area contributed by atoms with Crippen molar-refractivity contribution in [1.29, 1.82) is 0 Å². The zero-order valence-electron chi connectivity index (χ0n) is 7.94. The largest absolute Gasteiger partial charge is 0.351 e. The molecule has 0 aromatic carbocycles. The summed E-state index contributed by atoms with van der Waals surface area (Å²) in [6.07, 6.45) is 3.46. The first kappa shape index (κ1) is 8.38. The Kier molecular flexibility index (Phi) is 2.38. The maximum atomic E-state index is 2.34. The summed E-state index contributed by atoms with van der Waals surface area (Å²) in [5.41, 5.74) is 4.28. The van der Waals surface area contributed by atoms with Gasteiger partial charge in [-0.3, -0.25) is 0 Å². The van der Waals surface area contributed by atoms with E-state index >= 15 is 0 Å². The minimum atomic E-state index is 1.15. The quantitative estimate of drug-likeness (QED) is 0.612. The van der Waals surface area contributed by atoms with Gasteiger partial charge in [-0.2, -0.15) is 0 Å². The minimum Gasteiger partial charge on any atom is -0.351 e. The van der Waals surface area contributed by atoms with Crippen LogP contribution in [0.4, 0.5) is 0 Å². The fourth-order valence-electron chi connectivity index (χ4n) is 1.40. The number of hydrogen-bond acceptors (Lipinski definition) is 0. The van der Waals surface area contributed by atoms with E-state index < -0.39 is 0 Å². The highest BCUT2D eigenvalue weighted by Crippen LogP contribution is 2.14. The van der Waals surface area contributed by atoms with Gasteiger partial charge in [-0.05, 0) is 38.3 Å². The molecule has 0 N–H and O–H groups in total. The van der Waals surface area contributed by atoms with Gasteiger partial charge >= 0.3 is 0 Å². The predicted octanol–water partition coefficient (Wildman–Crippen LogP) is 2.82. The van der Waals surface area contributed by atoms with Crippen LogP contribution in [0.25, 0.3) is 0 Å². The Morgan fingerprint density at radius 1 is 1.27 bits per heavy atom. The lowest BCUT2D eigenvalue weighted by Crippen LogP contribution is -1.96. The third-order valence-electron chi connectivity index (χ3n) is 2.38. The van der Waals surface area contributed by atoms with Crippen LogP contribution in [0.15, 0.2) is 6.20 Å². The van der Waals surface area contributed by atoms with Crippen LogP contribution in [-0.4, -0.2) is 4.57 Å². The number of aromatic nitrogens is 1. The Morgan fingerprint density at radius 2 is 1.91 bits per heavy atom. The fraction of sp³-hybridized carbons (Fsp3) is 0.600. The maximum absolute atomic E-state index is 2.34. The van der Waals surface area contributed by atoms with Crippen LogP contribution in [-0.2, 0) is 6.54 Å². The normalized spacial score (nSPS) is 10.5. The monoisotopic (exact) mass is 151 g/mol. The van der Waals surface area contributed by atoms with Crippen LogP contribution in [0.5, 0.6) is 0 Å². The molecule has 0 saturated carbocycles. The van der Waals surface area contributed by atoms with Crippen molar-refractivity contribution in [3.8, 4) is 0 Å². The Hall–Kier alpha value is -0.720. The van der Waals surface area contributed by atoms with E-state index in [1.54, 1.807) is 0 Å². The van der Waals surface area contributed by atoms with Crippen molar-refractivity contribution < 1.29 is 0 Å². The third kappa shape index (κ3) is 1.47. The average Bonchev–Trinajstić information content (AvgIpc) is 2.19. The first-order valence-corrected chi connectivity index (χ1v) is 4.29. The number of aryl methyl sites for hydroxylation is 2. The van der Waals surface area contributed by atoms with E-state index in [4.69, 9.17) is 0 Å². The molecule has 0 atom stereocenters. The first-order valence-electron chi connectivity index (χ1n) is 4.29. The Morgan fingerprint density at radius 3 is 2.27 bits per heavy atom. The summed E-state index contributed by atoms with van der Waals surface area (Å²) in [6, 6.07) is 0. The molecule has 0 aliphatic heterocycles. The van der Waals surface area contributed by atoms with E-state index in [-0.39, 0.29) is 0 Å². The summed E-state index contributed by atoms with van der Waals surface area (Å²) in [5, 5.41) is 0. The lowest BCUT2D eigenvalue weighted by Gasteiger charge is -2.02. The molecular weight excluding hydrogens is 134 g/mol. The van der Waals surface area contributed by atoms with Crippen molar-refractivity contribution >= 4 is 0 Å². The summed E-state index contributed by atoms with van der Waals surface area (Å²) >= 11 is 0. The average molecular weight is 151 g/mol. The van der Waals surface area contributed by atoms with Gasteiger partial charge in [0.15, 0.2) is 0 Å². The van der Waals surface area contributed by atoms with Crippen LogP contribution in [0.2, 0.25) is 0 Å². The van der Waals surface area contributed by atoms with Crippen molar-refractivity contribution in [3.05, 3.63) is 23.0 Å². The molecule has 1 rings (SSSR count). The second-order valence-electron chi connectivity index (χ2n) is 3.22. The maximum Gasteiger partial charge on any atom is 0.0219 e. The van der Waals surface area contributed by atoms with E-state index in [0.29, 0.717) is 0 Å². The van der Waals surface area contributed by atoms with Crippen LogP contribution in [0.3, 0.4) is 0 Å². The third-order valence-corrected chi connectivity index (χ3v) is 2.38. The predicted molar refractivity (Wildman–Crippen MR) is 48.9 cm³/mol. The zero-order chi connectivity index (χ0) is 8.43. The van der Waals surface area contributed by atoms with Gasteiger partial charge in [-0.25, -0.2) is 0 Å². The van der Waals surface area contributed by atoms with Gasteiger partial charge in [-0.1, -0.05) is 6.92 Å². The van der Waals surface area contributed by atoms with Crippen LogP contribution in [0.1, 0.15) is 30.2 Å². The van der Waals surface area contributed by atoms with Crippen molar-refractivity contribution in [2.24, 2.45) is 0 Å². The fourth-order valence-corrected chi connectivity index (χ4v) is 1.40. The second-order valence-corrected chi connectivity index (χ2v) is 3.22. The Labute approximate surface area is 69.0 Å². The molecule has 0 bridgehead atoms. The number of hydrogen-bond donors (Lipinski definition) is 0. The molecule has 0 spiro atoms. The summed E-state index contributed by atoms with van der Waals surface area (Å²) < 4.78 is 2.34. The molecule has 0 aliphatic carbocycles. The molecule has 0 radical (unpaired) electrons. The van der Waals surface area contributed by atoms with Crippen LogP contribution >= 0.6 is 0 Å². The molecule has 1 heterocycles. The van der Waals surface area contributed by atoms with E-state index in [2.05, 4.69) is 38.5 Å². The van der Waals surface area contributed by atoms with Crippen molar-refractivity contribution in [3.63, 3.8) is 0 Å². The second kappa shape index (κ2) is 3.12. The summed E-state index contributed by atoms with van der Waals surface area (Å²) in [7, 11) is 0. The van der Waals surface area contributed by atoms with Crippen molar-refractivity contribution in [1.82, 2.24) is 4.57 Å². The van der Waals surface area contributed by atoms with E-state index in [1.165, 1.54) is 23.2 Å². The van der Waals surface area contributed by atoms with Crippen molar-refractivity contribution in [2.75, 3.05) is 0 Å². The van der Waals surface area contributed by atoms with Gasteiger partial charge < -0.3 is 4.57 Å². The Bertz CT molecular complexity index is 246. The molecule has 62 valence electrons. The highest BCUT2D eigenvalue weighted by Gasteiger charge is 2.02. The zero-order valence-corrected chi connectivity index (χ0v) is 7.94. The van der Waals surface area contributed by atoms with Gasteiger partial charge in [-0.15, -0.1) is 0 Å². The molecule has 0 aliphatic rings. The smallest absolute Gasteiger partial charge is 0.0219 e. The molecule has 11 heavy (non-hydrogen) atoms. The molecule has 0 saturated heterocycles. The lowest BCUT2D eigenvalue weighted by atomic mass is 10.2. The topological polar surface area (TPSA) is 4.93 Å². The van der Waals surface area contributed by atoms with Gasteiger partial charge in [0.2, 0.25) is 0 Å². The van der Waals surface area contributed by atoms with E-state index in [1.807, 2.05) is 0 Å². The summed E-state index contributed by atoms with van der Waals surface area (Å²) in [6.45, 7) is 9.92. The number of nitrogens with zero attached hydrogens (tertiary/aromatic N) is 1. The number of rotatable bonds is 2. The van der Waals surface area contributed by atoms with Crippen molar-refractivity contribution in [2.45, 2.75) is 40.7 Å². The molecule has 1 aromatic rings. The van der Waals surface area contributed by atoms with E-state index in [9.17, 15) is 0 Å². The standard InChI is InChI=1S/C10H17N/c1-5-6-11-7-8(2)9(3)10(11)4/h7H,5-6H2,1-4H3. The Balaban J connectivity index is 2.98. The summed E-state index contributed by atoms with van der Waals surface area (Å²) in [5.74, 6) is 0. The molecule has 1 nitrogen and oxygen atoms in total. The highest BCUT2D eigenvalue weighted by molar-refractivity contribution is 5.28. The van der Waals surface area contributed by atoms with E-state index in [0.717, 1.165) is 6.54 Å².